The fourth-order valence-corrected chi connectivity index (χ4v) is 1.53. The fraction of sp³-hybridized carbons (Fsp3) is 0.273. The average Bonchev–Trinajstić information content (AvgIpc) is 2.75. The topological polar surface area (TPSA) is 68.8 Å². The summed E-state index contributed by atoms with van der Waals surface area (Å²) in [7, 11) is 0. The van der Waals surface area contributed by atoms with Crippen molar-refractivity contribution in [3.8, 4) is 0 Å². The molecule has 0 radical (unpaired) electrons. The normalized spacial score (nSPS) is 10.5. The van der Waals surface area contributed by atoms with Crippen LogP contribution in [-0.2, 0) is 13.1 Å². The Labute approximate surface area is 98.5 Å². The largest absolute Gasteiger partial charge is 0.399 e. The van der Waals surface area contributed by atoms with E-state index in [0.29, 0.717) is 17.9 Å². The van der Waals surface area contributed by atoms with E-state index in [2.05, 4.69) is 15.5 Å². The molecule has 0 saturated heterocycles. The summed E-state index contributed by atoms with van der Waals surface area (Å²) < 4.78 is 15.4. The molecule has 0 fully saturated rings. The fourth-order valence-electron chi connectivity index (χ4n) is 1.53. The quantitative estimate of drug-likeness (QED) is 0.790. The highest BCUT2D eigenvalue weighted by atomic mass is 19.1. The Kier molecular flexibility index (Phi) is 3.22. The maximum atomic E-state index is 13.5. The van der Waals surface area contributed by atoms with Gasteiger partial charge in [-0.05, 0) is 25.1 Å². The van der Waals surface area contributed by atoms with Gasteiger partial charge < -0.3 is 15.6 Å². The van der Waals surface area contributed by atoms with Gasteiger partial charge in [-0.3, -0.25) is 0 Å². The van der Waals surface area contributed by atoms with Gasteiger partial charge in [0, 0.05) is 12.2 Å². The molecule has 0 atom stereocenters. The lowest BCUT2D eigenvalue weighted by molar-refractivity contribution is 0.629. The second kappa shape index (κ2) is 4.82. The lowest BCUT2D eigenvalue weighted by Crippen LogP contribution is -2.08. The summed E-state index contributed by atoms with van der Waals surface area (Å²) in [6.07, 6.45) is 1.65. The van der Waals surface area contributed by atoms with Gasteiger partial charge in [0.2, 0.25) is 0 Å². The lowest BCUT2D eigenvalue weighted by atomic mass is 10.2. The van der Waals surface area contributed by atoms with Crippen molar-refractivity contribution in [3.63, 3.8) is 0 Å². The van der Waals surface area contributed by atoms with Gasteiger partial charge in [-0.15, -0.1) is 10.2 Å². The molecule has 0 unspecified atom stereocenters. The highest BCUT2D eigenvalue weighted by Crippen LogP contribution is 2.17. The van der Waals surface area contributed by atoms with E-state index in [0.717, 1.165) is 12.4 Å². The number of nitrogens with two attached hydrogens (primary N) is 1. The van der Waals surface area contributed by atoms with Crippen LogP contribution in [0.1, 0.15) is 12.7 Å². The second-order valence-corrected chi connectivity index (χ2v) is 3.63. The van der Waals surface area contributed by atoms with Gasteiger partial charge >= 0.3 is 0 Å². The zero-order valence-electron chi connectivity index (χ0n) is 9.52. The molecule has 5 nitrogen and oxygen atoms in total. The molecular formula is C11H14FN5. The van der Waals surface area contributed by atoms with E-state index < -0.39 is 0 Å². The van der Waals surface area contributed by atoms with Crippen molar-refractivity contribution < 1.29 is 4.39 Å². The molecule has 2 rings (SSSR count). The Morgan fingerprint density at radius 3 is 3.00 bits per heavy atom. The summed E-state index contributed by atoms with van der Waals surface area (Å²) in [4.78, 5) is 0. The van der Waals surface area contributed by atoms with Gasteiger partial charge in [-0.1, -0.05) is 0 Å². The number of hydrogen-bond donors (Lipinski definition) is 2. The molecule has 0 bridgehead atoms. The average molecular weight is 235 g/mol. The van der Waals surface area contributed by atoms with Crippen molar-refractivity contribution in [1.29, 1.82) is 0 Å². The van der Waals surface area contributed by atoms with Crippen LogP contribution in [0.3, 0.4) is 0 Å². The molecule has 0 spiro atoms. The van der Waals surface area contributed by atoms with E-state index in [1.165, 1.54) is 6.07 Å². The zero-order valence-corrected chi connectivity index (χ0v) is 9.52. The predicted octanol–water partition coefficient (Wildman–Crippen LogP) is 1.63. The molecule has 17 heavy (non-hydrogen) atoms. The highest BCUT2D eigenvalue weighted by Gasteiger charge is 2.05. The molecule has 0 saturated carbocycles. The summed E-state index contributed by atoms with van der Waals surface area (Å²) in [5.41, 5.74) is 6.28. The first-order valence-corrected chi connectivity index (χ1v) is 5.36. The number of rotatable bonds is 4. The third-order valence-electron chi connectivity index (χ3n) is 2.47. The minimum Gasteiger partial charge on any atom is -0.399 e. The van der Waals surface area contributed by atoms with Crippen molar-refractivity contribution in [2.24, 2.45) is 0 Å². The molecule has 3 N–H and O–H groups in total. The van der Waals surface area contributed by atoms with Crippen molar-refractivity contribution >= 4 is 11.4 Å². The molecule has 0 aliphatic carbocycles. The van der Waals surface area contributed by atoms with E-state index in [9.17, 15) is 4.39 Å². The first-order chi connectivity index (χ1) is 8.20. The number of nitrogen functional groups attached to an aromatic ring is 1. The van der Waals surface area contributed by atoms with Crippen LogP contribution < -0.4 is 11.1 Å². The number of nitrogens with one attached hydrogen (secondary N) is 1. The Hall–Kier alpha value is -2.11. The zero-order chi connectivity index (χ0) is 12.3. The van der Waals surface area contributed by atoms with Crippen LogP contribution in [0.2, 0.25) is 0 Å². The number of aromatic nitrogens is 3. The van der Waals surface area contributed by atoms with Crippen molar-refractivity contribution in [2.45, 2.75) is 20.0 Å². The van der Waals surface area contributed by atoms with Crippen LogP contribution in [0.4, 0.5) is 15.8 Å². The maximum absolute atomic E-state index is 13.5. The van der Waals surface area contributed by atoms with E-state index >= 15 is 0 Å². The second-order valence-electron chi connectivity index (χ2n) is 3.63. The minimum atomic E-state index is -0.368. The van der Waals surface area contributed by atoms with Crippen LogP contribution in [0.15, 0.2) is 24.5 Å². The number of benzene rings is 1. The first-order valence-electron chi connectivity index (χ1n) is 5.36. The van der Waals surface area contributed by atoms with Crippen LogP contribution >= 0.6 is 0 Å². The van der Waals surface area contributed by atoms with Gasteiger partial charge in [0.15, 0.2) is 5.82 Å². The standard InChI is InChI=1S/C11H14FN5/c1-2-17-7-15-16-11(17)6-14-10-4-3-8(13)5-9(10)12/h3-5,7,14H,2,6,13H2,1H3. The Morgan fingerprint density at radius 1 is 1.47 bits per heavy atom. The molecule has 0 aliphatic heterocycles. The molecule has 2 aromatic rings. The Morgan fingerprint density at radius 2 is 2.29 bits per heavy atom. The molecule has 1 heterocycles. The Balaban J connectivity index is 2.07. The first kappa shape index (κ1) is 11.4. The lowest BCUT2D eigenvalue weighted by Gasteiger charge is -2.08. The van der Waals surface area contributed by atoms with Crippen molar-refractivity contribution in [2.75, 3.05) is 11.1 Å². The van der Waals surface area contributed by atoms with E-state index in [-0.39, 0.29) is 5.82 Å². The van der Waals surface area contributed by atoms with E-state index in [1.54, 1.807) is 18.5 Å². The Bertz CT molecular complexity index is 508. The summed E-state index contributed by atoms with van der Waals surface area (Å²) in [6, 6.07) is 4.54. The van der Waals surface area contributed by atoms with E-state index in [1.807, 2.05) is 11.5 Å². The van der Waals surface area contributed by atoms with Crippen LogP contribution in [-0.4, -0.2) is 14.8 Å². The number of anilines is 2. The molecule has 1 aromatic heterocycles. The smallest absolute Gasteiger partial charge is 0.152 e. The van der Waals surface area contributed by atoms with Crippen LogP contribution in [0.25, 0.3) is 0 Å². The van der Waals surface area contributed by atoms with Gasteiger partial charge in [0.1, 0.15) is 12.1 Å². The molecule has 6 heteroatoms. The van der Waals surface area contributed by atoms with Gasteiger partial charge in [-0.25, -0.2) is 4.39 Å². The number of aryl methyl sites for hydroxylation is 1. The van der Waals surface area contributed by atoms with Crippen molar-refractivity contribution in [3.05, 3.63) is 36.2 Å². The number of nitrogens with zero attached hydrogens (tertiary/aromatic N) is 3. The number of hydrogen-bond acceptors (Lipinski definition) is 4. The third kappa shape index (κ3) is 2.52. The SMILES string of the molecule is CCn1cnnc1CNc1ccc(N)cc1F. The van der Waals surface area contributed by atoms with Gasteiger partial charge in [-0.2, -0.15) is 0 Å². The molecule has 1 aromatic carbocycles. The molecular weight excluding hydrogens is 221 g/mol. The van der Waals surface area contributed by atoms with Crippen LogP contribution in [0.5, 0.6) is 0 Å². The third-order valence-corrected chi connectivity index (χ3v) is 2.47. The highest BCUT2D eigenvalue weighted by molar-refractivity contribution is 5.52. The molecule has 90 valence electrons. The minimum absolute atomic E-state index is 0.368. The summed E-state index contributed by atoms with van der Waals surface area (Å²) in [5, 5.41) is 10.7. The number of halogens is 1. The van der Waals surface area contributed by atoms with Crippen LogP contribution in [0, 0.1) is 5.82 Å². The van der Waals surface area contributed by atoms with Gasteiger partial charge in [0.25, 0.3) is 0 Å². The molecule has 0 amide bonds. The molecule has 0 aliphatic rings. The van der Waals surface area contributed by atoms with Crippen molar-refractivity contribution in [1.82, 2.24) is 14.8 Å². The monoisotopic (exact) mass is 235 g/mol. The summed E-state index contributed by atoms with van der Waals surface area (Å²) in [6.45, 7) is 3.21. The summed E-state index contributed by atoms with van der Waals surface area (Å²) in [5.74, 6) is 0.399. The maximum Gasteiger partial charge on any atom is 0.152 e. The predicted molar refractivity (Wildman–Crippen MR) is 63.8 cm³/mol. The summed E-state index contributed by atoms with van der Waals surface area (Å²) >= 11 is 0. The van der Waals surface area contributed by atoms with E-state index in [4.69, 9.17) is 5.73 Å². The van der Waals surface area contributed by atoms with Gasteiger partial charge in [0.05, 0.1) is 12.2 Å².